The van der Waals surface area contributed by atoms with Crippen LogP contribution in [0.25, 0.3) is 0 Å². The van der Waals surface area contributed by atoms with E-state index in [1.54, 1.807) is 0 Å². The molecule has 0 atom stereocenters. The lowest BCUT2D eigenvalue weighted by atomic mass is 10.1. The molecular formula is C13H16N4. The van der Waals surface area contributed by atoms with E-state index in [0.29, 0.717) is 5.92 Å². The lowest BCUT2D eigenvalue weighted by molar-refractivity contribution is 0.698. The predicted octanol–water partition coefficient (Wildman–Crippen LogP) is 1.87. The number of nitrogens with zero attached hydrogens (tertiary/aromatic N) is 3. The van der Waals surface area contributed by atoms with E-state index in [1.165, 1.54) is 18.4 Å². The highest BCUT2D eigenvalue weighted by molar-refractivity contribution is 5.39. The zero-order valence-electron chi connectivity index (χ0n) is 9.93. The first-order chi connectivity index (χ1) is 8.22. The van der Waals surface area contributed by atoms with Crippen molar-refractivity contribution in [3.8, 4) is 0 Å². The number of nitrogens with two attached hydrogens (primary N) is 1. The summed E-state index contributed by atoms with van der Waals surface area (Å²) in [6.07, 6.45) is 3.29. The smallest absolute Gasteiger partial charge is 0.155 e. The Morgan fingerprint density at radius 1 is 1.29 bits per heavy atom. The summed E-state index contributed by atoms with van der Waals surface area (Å²) in [5.74, 6) is 2.68. The average Bonchev–Trinajstić information content (AvgIpc) is 3.08. The van der Waals surface area contributed by atoms with E-state index in [9.17, 15) is 0 Å². The van der Waals surface area contributed by atoms with Gasteiger partial charge in [0.1, 0.15) is 5.82 Å². The largest absolute Gasteiger partial charge is 0.399 e. The highest BCUT2D eigenvalue weighted by Gasteiger charge is 2.28. The maximum atomic E-state index is 5.66. The van der Waals surface area contributed by atoms with E-state index >= 15 is 0 Å². The van der Waals surface area contributed by atoms with E-state index in [0.717, 1.165) is 23.8 Å². The Labute approximate surface area is 100 Å². The molecule has 0 aliphatic heterocycles. The highest BCUT2D eigenvalue weighted by Crippen LogP contribution is 2.38. The van der Waals surface area contributed by atoms with Gasteiger partial charge in [-0.15, -0.1) is 0 Å². The first-order valence-corrected chi connectivity index (χ1v) is 5.96. The molecule has 1 heterocycles. The first-order valence-electron chi connectivity index (χ1n) is 5.96. The molecule has 1 aromatic heterocycles. The highest BCUT2D eigenvalue weighted by atomic mass is 15.3. The molecule has 4 nitrogen and oxygen atoms in total. The maximum Gasteiger partial charge on any atom is 0.155 e. The molecule has 1 aromatic carbocycles. The van der Waals surface area contributed by atoms with E-state index in [2.05, 4.69) is 10.1 Å². The average molecular weight is 228 g/mol. The third kappa shape index (κ3) is 2.16. The molecule has 0 unspecified atom stereocenters. The molecular weight excluding hydrogens is 212 g/mol. The molecule has 0 radical (unpaired) electrons. The van der Waals surface area contributed by atoms with E-state index in [-0.39, 0.29) is 0 Å². The second-order valence-electron chi connectivity index (χ2n) is 4.70. The normalized spacial score (nSPS) is 15.1. The number of benzene rings is 1. The molecule has 1 fully saturated rings. The number of nitrogen functional groups attached to an aromatic ring is 1. The fourth-order valence-corrected chi connectivity index (χ4v) is 2.04. The van der Waals surface area contributed by atoms with Gasteiger partial charge in [0.25, 0.3) is 0 Å². The number of aryl methyl sites for hydroxylation is 1. The zero-order valence-corrected chi connectivity index (χ0v) is 9.93. The van der Waals surface area contributed by atoms with Crippen molar-refractivity contribution in [1.29, 1.82) is 0 Å². The predicted molar refractivity (Wildman–Crippen MR) is 66.6 cm³/mol. The van der Waals surface area contributed by atoms with Gasteiger partial charge in [-0.05, 0) is 30.5 Å². The third-order valence-corrected chi connectivity index (χ3v) is 3.13. The number of aromatic nitrogens is 3. The summed E-state index contributed by atoms with van der Waals surface area (Å²) in [4.78, 5) is 4.61. The molecule has 88 valence electrons. The minimum Gasteiger partial charge on any atom is -0.399 e. The van der Waals surface area contributed by atoms with Crippen molar-refractivity contribution in [2.24, 2.45) is 7.05 Å². The molecule has 4 heteroatoms. The summed E-state index contributed by atoms with van der Waals surface area (Å²) in [6, 6.07) is 7.89. The van der Waals surface area contributed by atoms with Gasteiger partial charge >= 0.3 is 0 Å². The topological polar surface area (TPSA) is 56.7 Å². The monoisotopic (exact) mass is 228 g/mol. The minimum atomic E-state index is 0.646. The second-order valence-corrected chi connectivity index (χ2v) is 4.70. The van der Waals surface area contributed by atoms with Gasteiger partial charge in [0, 0.05) is 25.1 Å². The van der Waals surface area contributed by atoms with Crippen molar-refractivity contribution in [2.75, 3.05) is 5.73 Å². The van der Waals surface area contributed by atoms with Gasteiger partial charge in [-0.1, -0.05) is 12.1 Å². The molecule has 2 aromatic rings. The van der Waals surface area contributed by atoms with Crippen LogP contribution in [0.1, 0.15) is 36.0 Å². The standard InChI is InChI=1S/C13H16N4/c1-17-13(10-4-5-10)15-12(16-17)8-9-2-6-11(14)7-3-9/h2-3,6-7,10H,4-5,8,14H2,1H3. The van der Waals surface area contributed by atoms with Crippen LogP contribution in [0.15, 0.2) is 24.3 Å². The van der Waals surface area contributed by atoms with Crippen LogP contribution in [0.4, 0.5) is 5.69 Å². The van der Waals surface area contributed by atoms with Crippen LogP contribution >= 0.6 is 0 Å². The fourth-order valence-electron chi connectivity index (χ4n) is 2.04. The minimum absolute atomic E-state index is 0.646. The maximum absolute atomic E-state index is 5.66. The lowest BCUT2D eigenvalue weighted by Crippen LogP contribution is -1.97. The summed E-state index contributed by atoms with van der Waals surface area (Å²) >= 11 is 0. The van der Waals surface area contributed by atoms with Crippen LogP contribution in [-0.2, 0) is 13.5 Å². The second kappa shape index (κ2) is 3.87. The van der Waals surface area contributed by atoms with Gasteiger partial charge in [0.2, 0.25) is 0 Å². The zero-order chi connectivity index (χ0) is 11.8. The fraction of sp³-hybridized carbons (Fsp3) is 0.385. The SMILES string of the molecule is Cn1nc(Cc2ccc(N)cc2)nc1C1CC1. The Balaban J connectivity index is 1.80. The Kier molecular flexibility index (Phi) is 2.35. The summed E-state index contributed by atoms with van der Waals surface area (Å²) in [5, 5.41) is 4.46. The molecule has 3 rings (SSSR count). The molecule has 1 aliphatic carbocycles. The summed E-state index contributed by atoms with van der Waals surface area (Å²) in [7, 11) is 1.98. The Morgan fingerprint density at radius 2 is 2.00 bits per heavy atom. The Bertz CT molecular complexity index is 523. The van der Waals surface area contributed by atoms with Gasteiger partial charge in [0.05, 0.1) is 0 Å². The van der Waals surface area contributed by atoms with E-state index < -0.39 is 0 Å². The number of anilines is 1. The van der Waals surface area contributed by atoms with E-state index in [1.807, 2.05) is 36.0 Å². The Hall–Kier alpha value is -1.84. The van der Waals surface area contributed by atoms with Gasteiger partial charge in [-0.2, -0.15) is 5.10 Å². The molecule has 2 N–H and O–H groups in total. The third-order valence-electron chi connectivity index (χ3n) is 3.13. The van der Waals surface area contributed by atoms with Crippen LogP contribution < -0.4 is 5.73 Å². The van der Waals surface area contributed by atoms with Crippen LogP contribution in [-0.4, -0.2) is 14.8 Å². The Morgan fingerprint density at radius 3 is 2.65 bits per heavy atom. The summed E-state index contributed by atoms with van der Waals surface area (Å²) in [5.41, 5.74) is 7.65. The first kappa shape index (κ1) is 10.3. The van der Waals surface area contributed by atoms with Crippen molar-refractivity contribution in [1.82, 2.24) is 14.8 Å². The summed E-state index contributed by atoms with van der Waals surface area (Å²) < 4.78 is 1.92. The quantitative estimate of drug-likeness (QED) is 0.816. The van der Waals surface area contributed by atoms with Crippen molar-refractivity contribution >= 4 is 5.69 Å². The van der Waals surface area contributed by atoms with Gasteiger partial charge in [-0.3, -0.25) is 4.68 Å². The lowest BCUT2D eigenvalue weighted by Gasteiger charge is -1.97. The van der Waals surface area contributed by atoms with Gasteiger partial charge < -0.3 is 5.73 Å². The van der Waals surface area contributed by atoms with Crippen molar-refractivity contribution in [3.05, 3.63) is 41.5 Å². The number of hydrogen-bond acceptors (Lipinski definition) is 3. The van der Waals surface area contributed by atoms with Crippen LogP contribution in [0.5, 0.6) is 0 Å². The molecule has 0 amide bonds. The number of rotatable bonds is 3. The summed E-state index contributed by atoms with van der Waals surface area (Å²) in [6.45, 7) is 0. The van der Waals surface area contributed by atoms with Crippen LogP contribution in [0.3, 0.4) is 0 Å². The molecule has 0 spiro atoms. The van der Waals surface area contributed by atoms with Crippen molar-refractivity contribution < 1.29 is 0 Å². The van der Waals surface area contributed by atoms with Crippen molar-refractivity contribution in [3.63, 3.8) is 0 Å². The van der Waals surface area contributed by atoms with Crippen LogP contribution in [0, 0.1) is 0 Å². The molecule has 0 bridgehead atoms. The molecule has 0 saturated heterocycles. The van der Waals surface area contributed by atoms with Gasteiger partial charge in [-0.25, -0.2) is 4.98 Å². The van der Waals surface area contributed by atoms with E-state index in [4.69, 9.17) is 5.73 Å². The van der Waals surface area contributed by atoms with Crippen molar-refractivity contribution in [2.45, 2.75) is 25.2 Å². The van der Waals surface area contributed by atoms with Crippen LogP contribution in [0.2, 0.25) is 0 Å². The molecule has 1 aliphatic rings. The van der Waals surface area contributed by atoms with Gasteiger partial charge in [0.15, 0.2) is 5.82 Å². The molecule has 1 saturated carbocycles. The molecule has 17 heavy (non-hydrogen) atoms. The number of hydrogen-bond donors (Lipinski definition) is 1.